The average molecular weight is 491 g/mol. The Hall–Kier alpha value is -3.31. The zero-order valence-electron chi connectivity index (χ0n) is 18.0. The van der Waals surface area contributed by atoms with E-state index in [1.165, 1.54) is 22.9 Å². The summed E-state index contributed by atoms with van der Waals surface area (Å²) >= 11 is 5.79. The molecule has 2 amide bonds. The van der Waals surface area contributed by atoms with Crippen LogP contribution in [0.2, 0.25) is 5.02 Å². The largest absolute Gasteiger partial charge is 0.378 e. The molecule has 0 saturated heterocycles. The van der Waals surface area contributed by atoms with Gasteiger partial charge in [-0.05, 0) is 43.5 Å². The molecule has 4 N–H and O–H groups in total. The number of aliphatic hydroxyl groups is 1. The standard InChI is InChI=1S/C22H21ClF2N6O3/c1-10-17(19(32)21(34)28-22(4-5-22)16-8-26-30-29-16)15-6-11(24)9-31(15)18(10)20(33)27-12-2-3-14(25)13(23)7-12/h2-3,7-8,11,19,32H,4-6,9H2,1H3,(H,27,33)(H,28,34)(H,26,29,30)/t11-,19?/m1/s1. The molecule has 1 fully saturated rings. The number of carbonyl (C=O) groups is 2. The topological polar surface area (TPSA) is 125 Å². The Kier molecular flexibility index (Phi) is 5.40. The van der Waals surface area contributed by atoms with Gasteiger partial charge in [-0.25, -0.2) is 8.78 Å². The van der Waals surface area contributed by atoms with Crippen LogP contribution in [0.4, 0.5) is 14.5 Å². The number of aromatic amines is 1. The van der Waals surface area contributed by atoms with Gasteiger partial charge in [0, 0.05) is 23.4 Å². The number of carbonyl (C=O) groups excluding carboxylic acids is 2. The number of H-pyrrole nitrogens is 1. The van der Waals surface area contributed by atoms with Crippen LogP contribution in [0.3, 0.4) is 0 Å². The van der Waals surface area contributed by atoms with Crippen LogP contribution in [0.25, 0.3) is 0 Å². The maximum Gasteiger partial charge on any atom is 0.272 e. The second-order valence-electron chi connectivity index (χ2n) is 8.66. The molecule has 1 saturated carbocycles. The van der Waals surface area contributed by atoms with Crippen molar-refractivity contribution in [3.63, 3.8) is 0 Å². The monoisotopic (exact) mass is 490 g/mol. The molecular formula is C22H21ClF2N6O3. The fourth-order valence-electron chi connectivity index (χ4n) is 4.58. The number of amides is 2. The molecule has 0 radical (unpaired) electrons. The van der Waals surface area contributed by atoms with Gasteiger partial charge in [-0.1, -0.05) is 11.6 Å². The van der Waals surface area contributed by atoms with Crippen LogP contribution in [0.15, 0.2) is 24.4 Å². The Labute approximate surface area is 197 Å². The third-order valence-corrected chi connectivity index (χ3v) is 6.68. The van der Waals surface area contributed by atoms with Gasteiger partial charge < -0.3 is 20.3 Å². The molecule has 2 aromatic heterocycles. The van der Waals surface area contributed by atoms with E-state index >= 15 is 0 Å². The van der Waals surface area contributed by atoms with Crippen molar-refractivity contribution in [3.05, 3.63) is 63.4 Å². The molecule has 3 heterocycles. The van der Waals surface area contributed by atoms with Crippen molar-refractivity contribution in [3.8, 4) is 0 Å². The predicted molar refractivity (Wildman–Crippen MR) is 118 cm³/mol. The van der Waals surface area contributed by atoms with Crippen LogP contribution >= 0.6 is 11.6 Å². The fraction of sp³-hybridized carbons (Fsp3) is 0.364. The lowest BCUT2D eigenvalue weighted by Crippen LogP contribution is -2.38. The van der Waals surface area contributed by atoms with Gasteiger partial charge in [0.2, 0.25) is 0 Å². The van der Waals surface area contributed by atoms with E-state index in [1.54, 1.807) is 6.92 Å². The van der Waals surface area contributed by atoms with Gasteiger partial charge in [0.15, 0.2) is 6.10 Å². The van der Waals surface area contributed by atoms with Crippen molar-refractivity contribution in [1.29, 1.82) is 0 Å². The number of hydrogen-bond donors (Lipinski definition) is 4. The molecule has 2 atom stereocenters. The summed E-state index contributed by atoms with van der Waals surface area (Å²) in [6.07, 6.45) is -0.112. The van der Waals surface area contributed by atoms with Gasteiger partial charge in [0.05, 0.1) is 23.3 Å². The van der Waals surface area contributed by atoms with Gasteiger partial charge in [-0.2, -0.15) is 15.4 Å². The normalized spacial score (nSPS) is 18.9. The summed E-state index contributed by atoms with van der Waals surface area (Å²) in [5.74, 6) is -1.89. The Morgan fingerprint density at radius 2 is 2.15 bits per heavy atom. The van der Waals surface area contributed by atoms with Crippen LogP contribution in [0.1, 0.15) is 51.9 Å². The van der Waals surface area contributed by atoms with E-state index in [2.05, 4.69) is 26.0 Å². The van der Waals surface area contributed by atoms with Crippen LogP contribution in [-0.2, 0) is 23.3 Å². The molecule has 2 aliphatic rings. The van der Waals surface area contributed by atoms with Crippen molar-refractivity contribution < 1.29 is 23.5 Å². The number of aliphatic hydroxyl groups excluding tert-OH is 1. The first-order valence-corrected chi connectivity index (χ1v) is 11.1. The summed E-state index contributed by atoms with van der Waals surface area (Å²) in [5.41, 5.74) is 1.19. The van der Waals surface area contributed by atoms with Crippen molar-refractivity contribution in [1.82, 2.24) is 25.3 Å². The smallest absolute Gasteiger partial charge is 0.272 e. The average Bonchev–Trinajstić information content (AvgIpc) is 3.11. The zero-order valence-corrected chi connectivity index (χ0v) is 18.8. The van der Waals surface area contributed by atoms with E-state index in [0.29, 0.717) is 29.8 Å². The van der Waals surface area contributed by atoms with Gasteiger partial charge in [-0.15, -0.1) is 0 Å². The minimum atomic E-state index is -1.61. The molecule has 12 heteroatoms. The van der Waals surface area contributed by atoms with E-state index in [9.17, 15) is 23.5 Å². The zero-order chi connectivity index (χ0) is 24.2. The number of benzene rings is 1. The van der Waals surface area contributed by atoms with E-state index in [-0.39, 0.29) is 34.9 Å². The first-order chi connectivity index (χ1) is 16.2. The minimum Gasteiger partial charge on any atom is -0.378 e. The summed E-state index contributed by atoms with van der Waals surface area (Å²) in [6, 6.07) is 3.73. The minimum absolute atomic E-state index is 0.0371. The molecule has 1 aliphatic heterocycles. The number of halogens is 3. The Morgan fingerprint density at radius 3 is 2.79 bits per heavy atom. The van der Waals surface area contributed by atoms with Crippen molar-refractivity contribution >= 4 is 29.1 Å². The number of fused-ring (bicyclic) bond motifs is 1. The van der Waals surface area contributed by atoms with E-state index < -0.39 is 35.4 Å². The molecule has 3 aromatic rings. The summed E-state index contributed by atoms with van der Waals surface area (Å²) in [5, 5.41) is 26.6. The van der Waals surface area contributed by atoms with E-state index in [4.69, 9.17) is 11.6 Å². The maximum atomic E-state index is 14.3. The van der Waals surface area contributed by atoms with E-state index in [0.717, 1.165) is 6.07 Å². The lowest BCUT2D eigenvalue weighted by atomic mass is 10.00. The summed E-state index contributed by atoms with van der Waals surface area (Å²) in [7, 11) is 0. The van der Waals surface area contributed by atoms with Crippen LogP contribution in [0.5, 0.6) is 0 Å². The number of nitrogens with one attached hydrogen (secondary N) is 3. The molecule has 0 spiro atoms. The van der Waals surface area contributed by atoms with Crippen LogP contribution in [0, 0.1) is 12.7 Å². The second kappa shape index (κ2) is 8.17. The van der Waals surface area contributed by atoms with Gasteiger partial charge >= 0.3 is 0 Å². The molecule has 1 unspecified atom stereocenters. The number of alkyl halides is 1. The highest BCUT2D eigenvalue weighted by Crippen LogP contribution is 2.45. The first-order valence-electron chi connectivity index (χ1n) is 10.7. The molecule has 178 valence electrons. The first kappa shape index (κ1) is 22.5. The highest BCUT2D eigenvalue weighted by Gasteiger charge is 2.49. The van der Waals surface area contributed by atoms with Gasteiger partial charge in [0.1, 0.15) is 23.4 Å². The van der Waals surface area contributed by atoms with E-state index in [1.807, 2.05) is 0 Å². The lowest BCUT2D eigenvalue weighted by molar-refractivity contribution is -0.130. The van der Waals surface area contributed by atoms with Crippen molar-refractivity contribution in [2.24, 2.45) is 0 Å². The molecule has 5 rings (SSSR count). The summed E-state index contributed by atoms with van der Waals surface area (Å²) in [4.78, 5) is 26.1. The van der Waals surface area contributed by atoms with Gasteiger partial charge in [0.25, 0.3) is 11.8 Å². The summed E-state index contributed by atoms with van der Waals surface area (Å²) in [6.45, 7) is 1.52. The fourth-order valence-corrected chi connectivity index (χ4v) is 4.76. The Morgan fingerprint density at radius 1 is 1.38 bits per heavy atom. The van der Waals surface area contributed by atoms with Crippen LogP contribution in [-0.4, -0.2) is 43.1 Å². The number of aromatic nitrogens is 4. The molecule has 34 heavy (non-hydrogen) atoms. The second-order valence-corrected chi connectivity index (χ2v) is 9.07. The number of nitrogens with zero attached hydrogens (tertiary/aromatic N) is 3. The molecular weight excluding hydrogens is 470 g/mol. The van der Waals surface area contributed by atoms with Crippen molar-refractivity contribution in [2.75, 3.05) is 5.32 Å². The Bertz CT molecular complexity index is 1290. The third-order valence-electron chi connectivity index (χ3n) is 6.39. The molecule has 9 nitrogen and oxygen atoms in total. The number of hydrogen-bond acceptors (Lipinski definition) is 5. The lowest BCUT2D eigenvalue weighted by Gasteiger charge is -2.19. The number of anilines is 1. The van der Waals surface area contributed by atoms with Crippen molar-refractivity contribution in [2.45, 2.75) is 50.5 Å². The molecule has 1 aromatic carbocycles. The quantitative estimate of drug-likeness (QED) is 0.423. The SMILES string of the molecule is Cc1c(C(O)C(=O)NC2(c3cn[nH]n3)CC2)c2n(c1C(=O)Nc1ccc(F)c(Cl)c1)C[C@H](F)C2. The maximum absolute atomic E-state index is 14.3. The molecule has 0 bridgehead atoms. The third kappa shape index (κ3) is 3.74. The van der Waals surface area contributed by atoms with Crippen LogP contribution < -0.4 is 10.6 Å². The highest BCUT2D eigenvalue weighted by atomic mass is 35.5. The number of rotatable bonds is 6. The highest BCUT2D eigenvalue weighted by molar-refractivity contribution is 6.31. The predicted octanol–water partition coefficient (Wildman–Crippen LogP) is 2.69. The Balaban J connectivity index is 1.44. The van der Waals surface area contributed by atoms with Gasteiger partial charge in [-0.3, -0.25) is 9.59 Å². The summed E-state index contributed by atoms with van der Waals surface area (Å²) < 4.78 is 29.3. The molecule has 1 aliphatic carbocycles.